The maximum atomic E-state index is 12.6. The van der Waals surface area contributed by atoms with Gasteiger partial charge in [0.05, 0.1) is 0 Å². The largest absolute Gasteiger partial charge is 0.459 e. The number of carbonyl (C=O) groups excluding carboxylic acids is 1. The minimum absolute atomic E-state index is 0.0406. The average Bonchev–Trinajstić information content (AvgIpc) is 3.29. The van der Waals surface area contributed by atoms with Gasteiger partial charge in [-0.05, 0) is 48.6 Å². The molecule has 4 nitrogen and oxygen atoms in total. The van der Waals surface area contributed by atoms with Gasteiger partial charge in [0.15, 0.2) is 0 Å². The summed E-state index contributed by atoms with van der Waals surface area (Å²) in [6.45, 7) is 0. The standard InChI is InChI=1S/C21H20N2O2/c24-20(13-15-5-1-2-6-15)23-21(16-9-11-22-12-10-16)19-14-17-7-3-4-8-18(17)25-19/h1,3-5,7-12,14-15,21H,2,6,13H2,(H,23,24)/t15-,21+/m0/s1. The van der Waals surface area contributed by atoms with Crippen molar-refractivity contribution in [3.05, 3.63) is 78.3 Å². The molecule has 4 heteroatoms. The Morgan fingerprint density at radius 1 is 1.24 bits per heavy atom. The molecule has 0 bridgehead atoms. The molecule has 2 atom stereocenters. The van der Waals surface area contributed by atoms with Gasteiger partial charge in [0.25, 0.3) is 0 Å². The Hall–Kier alpha value is -2.88. The van der Waals surface area contributed by atoms with Crippen molar-refractivity contribution in [3.63, 3.8) is 0 Å². The Morgan fingerprint density at radius 2 is 2.08 bits per heavy atom. The van der Waals surface area contributed by atoms with Crippen LogP contribution in [0.2, 0.25) is 0 Å². The van der Waals surface area contributed by atoms with Crippen molar-refractivity contribution in [1.29, 1.82) is 0 Å². The Kier molecular flexibility index (Phi) is 4.34. The first-order valence-electron chi connectivity index (χ1n) is 8.64. The summed E-state index contributed by atoms with van der Waals surface area (Å²) in [4.78, 5) is 16.6. The van der Waals surface area contributed by atoms with E-state index < -0.39 is 0 Å². The molecule has 3 aromatic rings. The monoisotopic (exact) mass is 332 g/mol. The summed E-state index contributed by atoms with van der Waals surface area (Å²) in [5, 5.41) is 4.18. The fourth-order valence-corrected chi connectivity index (χ4v) is 3.34. The smallest absolute Gasteiger partial charge is 0.221 e. The van der Waals surface area contributed by atoms with Crippen LogP contribution in [-0.2, 0) is 4.79 Å². The van der Waals surface area contributed by atoms with Crippen molar-refractivity contribution in [3.8, 4) is 0 Å². The predicted octanol–water partition coefficient (Wildman–Crippen LogP) is 4.39. The molecule has 1 aromatic carbocycles. The third-order valence-electron chi connectivity index (χ3n) is 4.63. The van der Waals surface area contributed by atoms with Crippen LogP contribution in [0, 0.1) is 5.92 Å². The average molecular weight is 332 g/mol. The first kappa shape index (κ1) is 15.6. The maximum Gasteiger partial charge on any atom is 0.221 e. The minimum atomic E-state index is -0.312. The number of hydrogen-bond donors (Lipinski definition) is 1. The number of pyridine rings is 1. The zero-order valence-corrected chi connectivity index (χ0v) is 13.9. The quantitative estimate of drug-likeness (QED) is 0.705. The van der Waals surface area contributed by atoms with E-state index in [0.717, 1.165) is 35.1 Å². The number of furan rings is 1. The molecule has 1 N–H and O–H groups in total. The summed E-state index contributed by atoms with van der Waals surface area (Å²) in [5.41, 5.74) is 1.79. The molecule has 1 amide bonds. The number of hydrogen-bond acceptors (Lipinski definition) is 3. The van der Waals surface area contributed by atoms with Crippen LogP contribution in [0.15, 0.2) is 71.4 Å². The lowest BCUT2D eigenvalue weighted by Gasteiger charge is -2.18. The molecule has 0 unspecified atom stereocenters. The number of rotatable bonds is 5. The number of amides is 1. The van der Waals surface area contributed by atoms with Gasteiger partial charge in [0.1, 0.15) is 17.4 Å². The molecule has 0 saturated carbocycles. The number of carbonyl (C=O) groups is 1. The van der Waals surface area contributed by atoms with Crippen molar-refractivity contribution >= 4 is 16.9 Å². The van der Waals surface area contributed by atoms with Crippen LogP contribution >= 0.6 is 0 Å². The highest BCUT2D eigenvalue weighted by Crippen LogP contribution is 2.29. The van der Waals surface area contributed by atoms with Crippen molar-refractivity contribution in [2.75, 3.05) is 0 Å². The van der Waals surface area contributed by atoms with Gasteiger partial charge in [0, 0.05) is 24.2 Å². The van der Waals surface area contributed by atoms with E-state index in [1.807, 2.05) is 42.5 Å². The molecule has 25 heavy (non-hydrogen) atoms. The third kappa shape index (κ3) is 3.48. The fraction of sp³-hybridized carbons (Fsp3) is 0.238. The summed E-state index contributed by atoms with van der Waals surface area (Å²) < 4.78 is 6.01. The lowest BCUT2D eigenvalue weighted by atomic mass is 10.0. The van der Waals surface area contributed by atoms with E-state index in [0.29, 0.717) is 12.3 Å². The third-order valence-corrected chi connectivity index (χ3v) is 4.63. The van der Waals surface area contributed by atoms with Crippen molar-refractivity contribution in [2.24, 2.45) is 5.92 Å². The molecule has 2 aromatic heterocycles. The zero-order chi connectivity index (χ0) is 17.1. The summed E-state index contributed by atoms with van der Waals surface area (Å²) in [6, 6.07) is 13.4. The summed E-state index contributed by atoms with van der Waals surface area (Å²) >= 11 is 0. The minimum Gasteiger partial charge on any atom is -0.459 e. The highest BCUT2D eigenvalue weighted by atomic mass is 16.3. The topological polar surface area (TPSA) is 55.1 Å². The first-order chi connectivity index (χ1) is 12.3. The van der Waals surface area contributed by atoms with Crippen LogP contribution in [0.4, 0.5) is 0 Å². The van der Waals surface area contributed by atoms with E-state index >= 15 is 0 Å². The van der Waals surface area contributed by atoms with E-state index in [4.69, 9.17) is 4.42 Å². The molecule has 4 rings (SSSR count). The molecule has 0 radical (unpaired) electrons. The SMILES string of the molecule is O=C(C[C@H]1C=CCC1)N[C@H](c1ccncc1)c1cc2ccccc2o1. The van der Waals surface area contributed by atoms with Crippen molar-refractivity contribution < 1.29 is 9.21 Å². The van der Waals surface area contributed by atoms with E-state index in [1.165, 1.54) is 0 Å². The van der Waals surface area contributed by atoms with Gasteiger partial charge in [-0.3, -0.25) is 9.78 Å². The highest BCUT2D eigenvalue weighted by Gasteiger charge is 2.22. The van der Waals surface area contributed by atoms with Crippen LogP contribution in [0.25, 0.3) is 11.0 Å². The number of benzene rings is 1. The number of aromatic nitrogens is 1. The zero-order valence-electron chi connectivity index (χ0n) is 13.9. The van der Waals surface area contributed by atoms with Gasteiger partial charge in [0.2, 0.25) is 5.91 Å². The fourth-order valence-electron chi connectivity index (χ4n) is 3.34. The van der Waals surface area contributed by atoms with Gasteiger partial charge in [-0.25, -0.2) is 0 Å². The number of nitrogens with zero attached hydrogens (tertiary/aromatic N) is 1. The van der Waals surface area contributed by atoms with Crippen molar-refractivity contribution in [2.45, 2.75) is 25.3 Å². The Labute approximate surface area is 146 Å². The van der Waals surface area contributed by atoms with Crippen LogP contribution in [0.1, 0.15) is 36.6 Å². The van der Waals surface area contributed by atoms with Gasteiger partial charge >= 0.3 is 0 Å². The Morgan fingerprint density at radius 3 is 2.84 bits per heavy atom. The van der Waals surface area contributed by atoms with Crippen LogP contribution in [0.3, 0.4) is 0 Å². The number of para-hydroxylation sites is 1. The molecule has 0 spiro atoms. The Bertz CT molecular complexity index is 865. The molecule has 0 saturated heterocycles. The van der Waals surface area contributed by atoms with E-state index in [-0.39, 0.29) is 11.9 Å². The lowest BCUT2D eigenvalue weighted by Crippen LogP contribution is -2.30. The molecule has 1 aliphatic carbocycles. The second kappa shape index (κ2) is 6.93. The van der Waals surface area contributed by atoms with Crippen LogP contribution in [0.5, 0.6) is 0 Å². The first-order valence-corrected chi connectivity index (χ1v) is 8.64. The summed E-state index contributed by atoms with van der Waals surface area (Å²) in [5.74, 6) is 1.12. The molecular formula is C21H20N2O2. The number of allylic oxidation sites excluding steroid dienone is 2. The second-order valence-electron chi connectivity index (χ2n) is 6.44. The normalized spacial score (nSPS) is 17.7. The molecule has 126 valence electrons. The van der Waals surface area contributed by atoms with Gasteiger partial charge in [-0.15, -0.1) is 0 Å². The second-order valence-corrected chi connectivity index (χ2v) is 6.44. The Balaban J connectivity index is 1.62. The maximum absolute atomic E-state index is 12.6. The van der Waals surface area contributed by atoms with E-state index in [9.17, 15) is 4.79 Å². The summed E-state index contributed by atoms with van der Waals surface area (Å²) in [7, 11) is 0. The van der Waals surface area contributed by atoms with Gasteiger partial charge in [-0.1, -0.05) is 30.4 Å². The lowest BCUT2D eigenvalue weighted by molar-refractivity contribution is -0.122. The molecule has 1 aliphatic rings. The highest BCUT2D eigenvalue weighted by molar-refractivity contribution is 5.80. The van der Waals surface area contributed by atoms with Crippen molar-refractivity contribution in [1.82, 2.24) is 10.3 Å². The van der Waals surface area contributed by atoms with E-state index in [1.54, 1.807) is 12.4 Å². The molecular weight excluding hydrogens is 312 g/mol. The van der Waals surface area contributed by atoms with Crippen LogP contribution < -0.4 is 5.32 Å². The number of nitrogens with one attached hydrogen (secondary N) is 1. The van der Waals surface area contributed by atoms with E-state index in [2.05, 4.69) is 22.5 Å². The number of fused-ring (bicyclic) bond motifs is 1. The van der Waals surface area contributed by atoms with Crippen LogP contribution in [-0.4, -0.2) is 10.9 Å². The van der Waals surface area contributed by atoms with Gasteiger partial charge < -0.3 is 9.73 Å². The van der Waals surface area contributed by atoms with Gasteiger partial charge in [-0.2, -0.15) is 0 Å². The molecule has 0 aliphatic heterocycles. The predicted molar refractivity (Wildman–Crippen MR) is 96.9 cm³/mol. The molecule has 0 fully saturated rings. The molecule has 2 heterocycles. The summed E-state index contributed by atoms with van der Waals surface area (Å²) in [6.07, 6.45) is 10.4.